The molecule has 2 nitrogen and oxygen atoms in total. The highest BCUT2D eigenvalue weighted by molar-refractivity contribution is 5.71. The first-order valence-electron chi connectivity index (χ1n) is 5.09. The minimum absolute atomic E-state index is 0.137. The molecule has 0 radical (unpaired) electrons. The van der Waals surface area contributed by atoms with Crippen LogP contribution in [0.25, 0.3) is 0 Å². The monoisotopic (exact) mass is 202 g/mol. The molecule has 1 aromatic rings. The van der Waals surface area contributed by atoms with Crippen LogP contribution in [-0.4, -0.2) is 12.9 Å². The standard InChI is InChI=1S/C13H18N2/c1-6-15-12-9-10(13(2,3)4)7-8-11(12)14-5/h6-9H,5H2,1-4H3. The van der Waals surface area contributed by atoms with Crippen molar-refractivity contribution in [3.8, 4) is 0 Å². The fourth-order valence-corrected chi connectivity index (χ4v) is 1.37. The molecule has 0 aliphatic rings. The Morgan fingerprint density at radius 1 is 1.20 bits per heavy atom. The van der Waals surface area contributed by atoms with Crippen molar-refractivity contribution in [2.24, 2.45) is 9.98 Å². The fraction of sp³-hybridized carbons (Fsp3) is 0.385. The normalized spacial score (nSPS) is 12.0. The highest BCUT2D eigenvalue weighted by Gasteiger charge is 2.14. The molecule has 0 bridgehead atoms. The molecule has 1 aromatic carbocycles. The summed E-state index contributed by atoms with van der Waals surface area (Å²) in [6, 6.07) is 6.12. The van der Waals surface area contributed by atoms with Crippen LogP contribution in [-0.2, 0) is 5.41 Å². The van der Waals surface area contributed by atoms with Crippen molar-refractivity contribution >= 4 is 24.3 Å². The van der Waals surface area contributed by atoms with Gasteiger partial charge in [-0.1, -0.05) is 26.8 Å². The Hall–Kier alpha value is -1.44. The highest BCUT2D eigenvalue weighted by atomic mass is 14.8. The largest absolute Gasteiger partial charge is 0.262 e. The Morgan fingerprint density at radius 3 is 2.33 bits per heavy atom. The summed E-state index contributed by atoms with van der Waals surface area (Å²) in [7, 11) is 0. The van der Waals surface area contributed by atoms with Crippen molar-refractivity contribution < 1.29 is 0 Å². The van der Waals surface area contributed by atoms with E-state index in [-0.39, 0.29) is 5.41 Å². The van der Waals surface area contributed by atoms with Crippen LogP contribution in [0.15, 0.2) is 28.2 Å². The Kier molecular flexibility index (Phi) is 3.40. The molecule has 0 saturated carbocycles. The van der Waals surface area contributed by atoms with E-state index < -0.39 is 0 Å². The van der Waals surface area contributed by atoms with Crippen LogP contribution in [0.4, 0.5) is 11.4 Å². The van der Waals surface area contributed by atoms with E-state index in [0.717, 1.165) is 11.4 Å². The minimum Gasteiger partial charge on any atom is -0.262 e. The molecule has 0 aliphatic heterocycles. The van der Waals surface area contributed by atoms with Gasteiger partial charge in [-0.05, 0) is 36.8 Å². The number of hydrogen-bond acceptors (Lipinski definition) is 2. The molecule has 0 heterocycles. The van der Waals surface area contributed by atoms with Crippen LogP contribution in [0.5, 0.6) is 0 Å². The number of hydrogen-bond donors (Lipinski definition) is 0. The van der Waals surface area contributed by atoms with E-state index in [1.165, 1.54) is 5.56 Å². The third-order valence-electron chi connectivity index (χ3n) is 2.28. The van der Waals surface area contributed by atoms with Crippen molar-refractivity contribution in [1.82, 2.24) is 0 Å². The lowest BCUT2D eigenvalue weighted by molar-refractivity contribution is 0.590. The van der Waals surface area contributed by atoms with Crippen LogP contribution in [0, 0.1) is 0 Å². The van der Waals surface area contributed by atoms with Gasteiger partial charge >= 0.3 is 0 Å². The molecule has 0 aliphatic carbocycles. The summed E-state index contributed by atoms with van der Waals surface area (Å²) < 4.78 is 0. The zero-order valence-corrected chi connectivity index (χ0v) is 9.91. The number of rotatable bonds is 2. The van der Waals surface area contributed by atoms with Crippen LogP contribution in [0.2, 0.25) is 0 Å². The number of benzene rings is 1. The van der Waals surface area contributed by atoms with E-state index >= 15 is 0 Å². The van der Waals surface area contributed by atoms with Gasteiger partial charge in [-0.15, -0.1) is 0 Å². The van der Waals surface area contributed by atoms with Gasteiger partial charge in [0, 0.05) is 6.21 Å². The third-order valence-corrected chi connectivity index (χ3v) is 2.28. The molecular formula is C13H18N2. The molecule has 1 rings (SSSR count). The van der Waals surface area contributed by atoms with E-state index in [4.69, 9.17) is 0 Å². The van der Waals surface area contributed by atoms with Gasteiger partial charge < -0.3 is 0 Å². The van der Waals surface area contributed by atoms with Gasteiger partial charge in [-0.3, -0.25) is 9.98 Å². The van der Waals surface area contributed by atoms with E-state index in [0.29, 0.717) is 0 Å². The maximum absolute atomic E-state index is 4.29. The molecule has 80 valence electrons. The maximum Gasteiger partial charge on any atom is 0.0884 e. The fourth-order valence-electron chi connectivity index (χ4n) is 1.37. The molecule has 0 aromatic heterocycles. The summed E-state index contributed by atoms with van der Waals surface area (Å²) in [6.45, 7) is 12.0. The van der Waals surface area contributed by atoms with Gasteiger partial charge in [0.1, 0.15) is 0 Å². The molecule has 0 saturated heterocycles. The van der Waals surface area contributed by atoms with Gasteiger partial charge in [0.15, 0.2) is 0 Å². The molecular weight excluding hydrogens is 184 g/mol. The second-order valence-electron chi connectivity index (χ2n) is 4.50. The Morgan fingerprint density at radius 2 is 1.87 bits per heavy atom. The summed E-state index contributed by atoms with van der Waals surface area (Å²) >= 11 is 0. The lowest BCUT2D eigenvalue weighted by Gasteiger charge is -2.19. The number of nitrogens with zero attached hydrogens (tertiary/aromatic N) is 2. The van der Waals surface area contributed by atoms with E-state index in [1.54, 1.807) is 6.21 Å². The molecule has 0 amide bonds. The van der Waals surface area contributed by atoms with Crippen LogP contribution < -0.4 is 0 Å². The van der Waals surface area contributed by atoms with Gasteiger partial charge in [0.05, 0.1) is 11.4 Å². The summed E-state index contributed by atoms with van der Waals surface area (Å²) in [6.07, 6.45) is 1.77. The topological polar surface area (TPSA) is 24.7 Å². The molecule has 2 heteroatoms. The molecule has 0 spiro atoms. The zero-order chi connectivity index (χ0) is 11.5. The van der Waals surface area contributed by atoms with E-state index in [1.807, 2.05) is 13.0 Å². The Labute approximate surface area is 91.8 Å². The van der Waals surface area contributed by atoms with E-state index in [2.05, 4.69) is 49.6 Å². The predicted molar refractivity (Wildman–Crippen MR) is 68.2 cm³/mol. The van der Waals surface area contributed by atoms with Gasteiger partial charge in [0.25, 0.3) is 0 Å². The van der Waals surface area contributed by atoms with E-state index in [9.17, 15) is 0 Å². The quantitative estimate of drug-likeness (QED) is 0.647. The summed E-state index contributed by atoms with van der Waals surface area (Å²) in [4.78, 5) is 8.24. The van der Waals surface area contributed by atoms with Crippen LogP contribution >= 0.6 is 0 Å². The Bertz CT molecular complexity index is 384. The first-order chi connectivity index (χ1) is 6.99. The van der Waals surface area contributed by atoms with Gasteiger partial charge in [-0.25, -0.2) is 0 Å². The lowest BCUT2D eigenvalue weighted by atomic mass is 9.86. The zero-order valence-electron chi connectivity index (χ0n) is 9.91. The molecule has 0 fully saturated rings. The summed E-state index contributed by atoms with van der Waals surface area (Å²) in [5, 5.41) is 0. The summed E-state index contributed by atoms with van der Waals surface area (Å²) in [5.74, 6) is 0. The van der Waals surface area contributed by atoms with Crippen LogP contribution in [0.1, 0.15) is 33.3 Å². The van der Waals surface area contributed by atoms with Gasteiger partial charge in [0.2, 0.25) is 0 Å². The predicted octanol–water partition coefficient (Wildman–Crippen LogP) is 4.04. The maximum atomic E-state index is 4.29. The summed E-state index contributed by atoms with van der Waals surface area (Å²) in [5.41, 5.74) is 3.12. The Balaban J connectivity index is 3.28. The second-order valence-corrected chi connectivity index (χ2v) is 4.50. The third kappa shape index (κ3) is 2.75. The average Bonchev–Trinajstić information content (AvgIpc) is 2.17. The number of aliphatic imine (C=N–C) groups is 2. The van der Waals surface area contributed by atoms with Gasteiger partial charge in [-0.2, -0.15) is 0 Å². The van der Waals surface area contributed by atoms with Crippen molar-refractivity contribution in [3.63, 3.8) is 0 Å². The van der Waals surface area contributed by atoms with Crippen molar-refractivity contribution in [3.05, 3.63) is 23.8 Å². The molecule has 0 unspecified atom stereocenters. The second kappa shape index (κ2) is 4.39. The molecule has 0 atom stereocenters. The smallest absolute Gasteiger partial charge is 0.0884 e. The van der Waals surface area contributed by atoms with Crippen molar-refractivity contribution in [1.29, 1.82) is 0 Å². The van der Waals surface area contributed by atoms with Crippen molar-refractivity contribution in [2.75, 3.05) is 0 Å². The lowest BCUT2D eigenvalue weighted by Crippen LogP contribution is -2.10. The SMILES string of the molecule is C=Nc1ccc(C(C)(C)C)cc1N=CC. The molecule has 0 N–H and O–H groups in total. The first-order valence-corrected chi connectivity index (χ1v) is 5.09. The minimum atomic E-state index is 0.137. The first kappa shape index (κ1) is 11.6. The average molecular weight is 202 g/mol. The molecule has 15 heavy (non-hydrogen) atoms. The van der Waals surface area contributed by atoms with Crippen LogP contribution in [0.3, 0.4) is 0 Å². The highest BCUT2D eigenvalue weighted by Crippen LogP contribution is 2.33. The van der Waals surface area contributed by atoms with Crippen molar-refractivity contribution in [2.45, 2.75) is 33.1 Å².